The Hall–Kier alpha value is -1.62. The molecule has 0 bridgehead atoms. The molecule has 1 fully saturated rings. The lowest BCUT2D eigenvalue weighted by Crippen LogP contribution is -2.30. The number of anilines is 1. The van der Waals surface area contributed by atoms with Crippen LogP contribution >= 0.6 is 0 Å². The number of aliphatic hydroxyl groups is 1. The summed E-state index contributed by atoms with van der Waals surface area (Å²) in [4.78, 5) is 19.5. The Kier molecular flexibility index (Phi) is 3.26. The van der Waals surface area contributed by atoms with Crippen molar-refractivity contribution in [2.75, 3.05) is 32.1 Å². The van der Waals surface area contributed by atoms with Crippen LogP contribution in [0.4, 0.5) is 5.69 Å². The first-order valence-electron chi connectivity index (χ1n) is 6.04. The van der Waals surface area contributed by atoms with Crippen molar-refractivity contribution >= 4 is 11.6 Å². The second kappa shape index (κ2) is 4.57. The lowest BCUT2D eigenvalue weighted by atomic mass is 10.1. The van der Waals surface area contributed by atoms with Gasteiger partial charge in [0, 0.05) is 39.1 Å². The molecule has 1 atom stereocenters. The van der Waals surface area contributed by atoms with Crippen molar-refractivity contribution in [1.82, 2.24) is 9.88 Å². The number of nitrogens with zero attached hydrogens (tertiary/aromatic N) is 3. The van der Waals surface area contributed by atoms with E-state index in [2.05, 4.69) is 9.88 Å². The Morgan fingerprint density at radius 2 is 2.28 bits per heavy atom. The molecule has 1 amide bonds. The summed E-state index contributed by atoms with van der Waals surface area (Å²) in [6, 6.07) is 3.65. The highest BCUT2D eigenvalue weighted by atomic mass is 16.3. The number of aromatic nitrogens is 1. The highest BCUT2D eigenvalue weighted by Crippen LogP contribution is 2.26. The van der Waals surface area contributed by atoms with Crippen LogP contribution in [-0.4, -0.2) is 53.7 Å². The zero-order valence-electron chi connectivity index (χ0n) is 11.1. The Balaban J connectivity index is 2.21. The molecule has 0 spiro atoms. The number of carbonyl (C=O) groups excluding carboxylic acids is 1. The van der Waals surface area contributed by atoms with Gasteiger partial charge < -0.3 is 14.9 Å². The SMILES string of the molecule is CN(C)C(=O)c1cc(N2CCC(C)(O)C2)ccn1. The fourth-order valence-electron chi connectivity index (χ4n) is 2.13. The van der Waals surface area contributed by atoms with Gasteiger partial charge in [0.15, 0.2) is 0 Å². The van der Waals surface area contributed by atoms with Crippen molar-refractivity contribution in [2.45, 2.75) is 18.9 Å². The fourth-order valence-corrected chi connectivity index (χ4v) is 2.13. The monoisotopic (exact) mass is 249 g/mol. The van der Waals surface area contributed by atoms with Gasteiger partial charge in [-0.15, -0.1) is 0 Å². The minimum atomic E-state index is -0.644. The van der Waals surface area contributed by atoms with Crippen LogP contribution in [0.25, 0.3) is 0 Å². The minimum absolute atomic E-state index is 0.109. The molecular formula is C13H19N3O2. The molecule has 1 aromatic heterocycles. The molecule has 98 valence electrons. The molecule has 5 heteroatoms. The molecule has 1 aromatic rings. The van der Waals surface area contributed by atoms with E-state index in [0.29, 0.717) is 12.2 Å². The van der Waals surface area contributed by atoms with Crippen molar-refractivity contribution < 1.29 is 9.90 Å². The van der Waals surface area contributed by atoms with Crippen LogP contribution in [0.1, 0.15) is 23.8 Å². The number of amides is 1. The molecular weight excluding hydrogens is 230 g/mol. The van der Waals surface area contributed by atoms with E-state index in [-0.39, 0.29) is 5.91 Å². The maximum absolute atomic E-state index is 11.8. The predicted molar refractivity (Wildman–Crippen MR) is 69.7 cm³/mol. The minimum Gasteiger partial charge on any atom is -0.388 e. The molecule has 0 aromatic carbocycles. The van der Waals surface area contributed by atoms with Gasteiger partial charge in [-0.05, 0) is 25.5 Å². The standard InChI is InChI=1S/C13H19N3O2/c1-13(18)5-7-16(9-13)10-4-6-14-11(8-10)12(17)15(2)3/h4,6,8,18H,5,7,9H2,1-3H3. The first-order valence-corrected chi connectivity index (χ1v) is 6.04. The van der Waals surface area contributed by atoms with Crippen molar-refractivity contribution in [2.24, 2.45) is 0 Å². The predicted octanol–water partition coefficient (Wildman–Crippen LogP) is 0.744. The Labute approximate surface area is 107 Å². The van der Waals surface area contributed by atoms with Gasteiger partial charge in [0.1, 0.15) is 5.69 Å². The zero-order chi connectivity index (χ0) is 13.3. The first kappa shape index (κ1) is 12.8. The first-order chi connectivity index (χ1) is 8.39. The molecule has 2 heterocycles. The van der Waals surface area contributed by atoms with Crippen LogP contribution in [0.15, 0.2) is 18.3 Å². The molecule has 0 aliphatic carbocycles. The quantitative estimate of drug-likeness (QED) is 0.840. The third-order valence-corrected chi connectivity index (χ3v) is 3.19. The average molecular weight is 249 g/mol. The number of rotatable bonds is 2. The molecule has 5 nitrogen and oxygen atoms in total. The Morgan fingerprint density at radius 1 is 1.56 bits per heavy atom. The summed E-state index contributed by atoms with van der Waals surface area (Å²) >= 11 is 0. The van der Waals surface area contributed by atoms with Gasteiger partial charge in [0.2, 0.25) is 0 Å². The Bertz CT molecular complexity index is 457. The summed E-state index contributed by atoms with van der Waals surface area (Å²) in [6.07, 6.45) is 2.38. The average Bonchev–Trinajstić information content (AvgIpc) is 2.69. The van der Waals surface area contributed by atoms with E-state index < -0.39 is 5.60 Å². The maximum Gasteiger partial charge on any atom is 0.272 e. The molecule has 0 radical (unpaired) electrons. The van der Waals surface area contributed by atoms with E-state index in [1.165, 1.54) is 4.90 Å². The number of β-amino-alcohol motifs (C(OH)–C–C–N with tert-alkyl or cyclic N) is 1. The van der Waals surface area contributed by atoms with Crippen molar-refractivity contribution in [3.8, 4) is 0 Å². The number of carbonyl (C=O) groups is 1. The smallest absolute Gasteiger partial charge is 0.272 e. The van der Waals surface area contributed by atoms with Crippen LogP contribution in [-0.2, 0) is 0 Å². The van der Waals surface area contributed by atoms with Gasteiger partial charge in [-0.2, -0.15) is 0 Å². The van der Waals surface area contributed by atoms with Gasteiger partial charge in [0.05, 0.1) is 5.60 Å². The third kappa shape index (κ3) is 2.61. The van der Waals surface area contributed by atoms with Gasteiger partial charge in [-0.1, -0.05) is 0 Å². The van der Waals surface area contributed by atoms with Crippen molar-refractivity contribution in [3.63, 3.8) is 0 Å². The molecule has 18 heavy (non-hydrogen) atoms. The summed E-state index contributed by atoms with van der Waals surface area (Å²) in [5.41, 5.74) is 0.728. The molecule has 1 saturated heterocycles. The zero-order valence-corrected chi connectivity index (χ0v) is 11.1. The summed E-state index contributed by atoms with van der Waals surface area (Å²) in [5.74, 6) is -0.109. The van der Waals surface area contributed by atoms with Crippen LogP contribution in [0.3, 0.4) is 0 Å². The lowest BCUT2D eigenvalue weighted by Gasteiger charge is -2.21. The second-order valence-electron chi connectivity index (χ2n) is 5.27. The van der Waals surface area contributed by atoms with Gasteiger partial charge in [-0.25, -0.2) is 0 Å². The number of pyridine rings is 1. The van der Waals surface area contributed by atoms with E-state index in [4.69, 9.17) is 0 Å². The fraction of sp³-hybridized carbons (Fsp3) is 0.538. The van der Waals surface area contributed by atoms with Crippen molar-refractivity contribution in [1.29, 1.82) is 0 Å². The van der Waals surface area contributed by atoms with Crippen molar-refractivity contribution in [3.05, 3.63) is 24.0 Å². The van der Waals surface area contributed by atoms with Crippen LogP contribution in [0, 0.1) is 0 Å². The van der Waals surface area contributed by atoms with Crippen LogP contribution in [0.5, 0.6) is 0 Å². The van der Waals surface area contributed by atoms with Crippen LogP contribution < -0.4 is 4.90 Å². The lowest BCUT2D eigenvalue weighted by molar-refractivity contribution is 0.0821. The summed E-state index contributed by atoms with van der Waals surface area (Å²) in [6.45, 7) is 3.22. The van der Waals surface area contributed by atoms with E-state index in [1.807, 2.05) is 13.0 Å². The van der Waals surface area contributed by atoms with Crippen LogP contribution in [0.2, 0.25) is 0 Å². The highest BCUT2D eigenvalue weighted by Gasteiger charge is 2.31. The van der Waals surface area contributed by atoms with E-state index in [9.17, 15) is 9.90 Å². The largest absolute Gasteiger partial charge is 0.388 e. The second-order valence-corrected chi connectivity index (χ2v) is 5.27. The van der Waals surface area contributed by atoms with E-state index >= 15 is 0 Å². The molecule has 1 N–H and O–H groups in total. The molecule has 2 rings (SSSR count). The Morgan fingerprint density at radius 3 is 2.83 bits per heavy atom. The van der Waals surface area contributed by atoms with E-state index in [0.717, 1.165) is 18.7 Å². The molecule has 1 unspecified atom stereocenters. The highest BCUT2D eigenvalue weighted by molar-refractivity contribution is 5.92. The molecule has 1 aliphatic heterocycles. The number of hydrogen-bond donors (Lipinski definition) is 1. The number of hydrogen-bond acceptors (Lipinski definition) is 4. The molecule has 1 aliphatic rings. The molecule has 0 saturated carbocycles. The van der Waals surface area contributed by atoms with Gasteiger partial charge >= 0.3 is 0 Å². The topological polar surface area (TPSA) is 56.7 Å². The summed E-state index contributed by atoms with van der Waals surface area (Å²) < 4.78 is 0. The van der Waals surface area contributed by atoms with Gasteiger partial charge in [-0.3, -0.25) is 9.78 Å². The van der Waals surface area contributed by atoms with Gasteiger partial charge in [0.25, 0.3) is 5.91 Å². The summed E-state index contributed by atoms with van der Waals surface area (Å²) in [7, 11) is 3.41. The normalized spacial score (nSPS) is 23.2. The maximum atomic E-state index is 11.8. The van der Waals surface area contributed by atoms with E-state index in [1.54, 1.807) is 26.4 Å². The summed E-state index contributed by atoms with van der Waals surface area (Å²) in [5, 5.41) is 9.96. The third-order valence-electron chi connectivity index (χ3n) is 3.19.